The van der Waals surface area contributed by atoms with Crippen molar-refractivity contribution in [3.05, 3.63) is 11.6 Å². The smallest absolute Gasteiger partial charge is 0.0611 e. The molecule has 0 aliphatic rings. The number of benzene rings is 1. The van der Waals surface area contributed by atoms with E-state index in [1.807, 2.05) is 0 Å². The molecule has 4 heteroatoms. The standard InChI is InChI=1S/C12H20N2S2/c1-4-8-7-9(15-5-2)11(14)12(10(8)13)16-6-3/h7H,4-6,13-14H2,1-3H3. The number of nitrogen functional groups attached to an aromatic ring is 2. The molecule has 0 aliphatic carbocycles. The quantitative estimate of drug-likeness (QED) is 0.624. The van der Waals surface area contributed by atoms with Gasteiger partial charge in [0.15, 0.2) is 0 Å². The van der Waals surface area contributed by atoms with Gasteiger partial charge in [0.25, 0.3) is 0 Å². The molecule has 1 aromatic rings. The highest BCUT2D eigenvalue weighted by Crippen LogP contribution is 2.40. The van der Waals surface area contributed by atoms with Crippen LogP contribution in [0.3, 0.4) is 0 Å². The van der Waals surface area contributed by atoms with Gasteiger partial charge < -0.3 is 11.5 Å². The van der Waals surface area contributed by atoms with Crippen LogP contribution >= 0.6 is 23.5 Å². The predicted molar refractivity (Wildman–Crippen MR) is 77.4 cm³/mol. The Morgan fingerprint density at radius 3 is 2.12 bits per heavy atom. The first kappa shape index (κ1) is 13.6. The van der Waals surface area contributed by atoms with E-state index in [-0.39, 0.29) is 0 Å². The second-order valence-corrected chi connectivity index (χ2v) is 5.99. The summed E-state index contributed by atoms with van der Waals surface area (Å²) in [5, 5.41) is 0. The summed E-state index contributed by atoms with van der Waals surface area (Å²) >= 11 is 3.52. The minimum Gasteiger partial charge on any atom is -0.398 e. The Bertz CT molecular complexity index is 365. The van der Waals surface area contributed by atoms with Gasteiger partial charge in [-0.1, -0.05) is 20.8 Å². The first-order valence-corrected chi connectivity index (χ1v) is 7.59. The van der Waals surface area contributed by atoms with Crippen LogP contribution in [0, 0.1) is 0 Å². The molecule has 0 amide bonds. The predicted octanol–water partition coefficient (Wildman–Crippen LogP) is 3.64. The van der Waals surface area contributed by atoms with Crippen molar-refractivity contribution in [1.82, 2.24) is 0 Å². The summed E-state index contributed by atoms with van der Waals surface area (Å²) in [5.41, 5.74) is 15.2. The average molecular weight is 256 g/mol. The molecule has 2 nitrogen and oxygen atoms in total. The van der Waals surface area contributed by atoms with Crippen LogP contribution in [0.2, 0.25) is 0 Å². The van der Waals surface area contributed by atoms with E-state index in [0.717, 1.165) is 34.2 Å². The number of hydrogen-bond acceptors (Lipinski definition) is 4. The number of rotatable bonds is 5. The van der Waals surface area contributed by atoms with Crippen molar-refractivity contribution < 1.29 is 0 Å². The van der Waals surface area contributed by atoms with Crippen molar-refractivity contribution in [2.75, 3.05) is 23.0 Å². The van der Waals surface area contributed by atoms with Gasteiger partial charge in [0.05, 0.1) is 16.3 Å². The highest BCUT2D eigenvalue weighted by molar-refractivity contribution is 8.00. The Hall–Kier alpha value is -0.480. The molecule has 0 radical (unpaired) electrons. The minimum atomic E-state index is 0.855. The summed E-state index contributed by atoms with van der Waals surface area (Å²) in [7, 11) is 0. The van der Waals surface area contributed by atoms with Crippen molar-refractivity contribution in [3.63, 3.8) is 0 Å². The molecule has 0 spiro atoms. The third-order valence-corrected chi connectivity index (χ3v) is 4.33. The van der Waals surface area contributed by atoms with E-state index in [9.17, 15) is 0 Å². The molecule has 1 aromatic carbocycles. The van der Waals surface area contributed by atoms with E-state index in [4.69, 9.17) is 11.5 Å². The van der Waals surface area contributed by atoms with E-state index < -0.39 is 0 Å². The van der Waals surface area contributed by atoms with Gasteiger partial charge in [-0.3, -0.25) is 0 Å². The van der Waals surface area contributed by atoms with Crippen LogP contribution in [-0.4, -0.2) is 11.5 Å². The maximum Gasteiger partial charge on any atom is 0.0611 e. The Kier molecular flexibility index (Phi) is 5.35. The zero-order chi connectivity index (χ0) is 12.1. The fourth-order valence-electron chi connectivity index (χ4n) is 1.58. The molecule has 0 saturated heterocycles. The lowest BCUT2D eigenvalue weighted by Crippen LogP contribution is -2.02. The molecule has 0 atom stereocenters. The Morgan fingerprint density at radius 2 is 1.62 bits per heavy atom. The van der Waals surface area contributed by atoms with Crippen molar-refractivity contribution >= 4 is 34.9 Å². The number of hydrogen-bond donors (Lipinski definition) is 2. The summed E-state index contributed by atoms with van der Waals surface area (Å²) in [6.45, 7) is 6.39. The maximum atomic E-state index is 6.16. The first-order chi connectivity index (χ1) is 7.65. The van der Waals surface area contributed by atoms with Crippen molar-refractivity contribution in [2.45, 2.75) is 37.0 Å². The van der Waals surface area contributed by atoms with Crippen molar-refractivity contribution in [1.29, 1.82) is 0 Å². The topological polar surface area (TPSA) is 52.0 Å². The molecule has 1 rings (SSSR count). The second kappa shape index (κ2) is 6.30. The number of thioether (sulfide) groups is 2. The lowest BCUT2D eigenvalue weighted by atomic mass is 10.1. The molecular weight excluding hydrogens is 236 g/mol. The van der Waals surface area contributed by atoms with Crippen LogP contribution in [0.4, 0.5) is 11.4 Å². The zero-order valence-corrected chi connectivity index (χ0v) is 11.8. The Balaban J connectivity index is 3.26. The van der Waals surface area contributed by atoms with E-state index in [0.29, 0.717) is 0 Å². The molecule has 0 bridgehead atoms. The molecule has 4 N–H and O–H groups in total. The first-order valence-electron chi connectivity index (χ1n) is 5.62. The summed E-state index contributed by atoms with van der Waals surface area (Å²) in [6, 6.07) is 2.14. The van der Waals surface area contributed by atoms with Gasteiger partial charge in [-0.2, -0.15) is 0 Å². The van der Waals surface area contributed by atoms with Crippen LogP contribution in [0.15, 0.2) is 15.9 Å². The largest absolute Gasteiger partial charge is 0.398 e. The van der Waals surface area contributed by atoms with Crippen molar-refractivity contribution in [2.24, 2.45) is 0 Å². The SMILES string of the molecule is CCSc1cc(CC)c(N)c(SCC)c1N. The van der Waals surface area contributed by atoms with Gasteiger partial charge in [-0.15, -0.1) is 23.5 Å². The van der Waals surface area contributed by atoms with Gasteiger partial charge in [0.1, 0.15) is 0 Å². The molecule has 0 aromatic heterocycles. The normalized spacial score (nSPS) is 10.7. The fourth-order valence-corrected chi connectivity index (χ4v) is 3.28. The summed E-state index contributed by atoms with van der Waals surface area (Å²) in [6.07, 6.45) is 0.959. The molecule has 0 aliphatic heterocycles. The zero-order valence-electron chi connectivity index (χ0n) is 10.2. The third kappa shape index (κ3) is 2.80. The summed E-state index contributed by atoms with van der Waals surface area (Å²) in [5.74, 6) is 2.03. The highest BCUT2D eigenvalue weighted by Gasteiger charge is 2.13. The number of anilines is 2. The van der Waals surface area contributed by atoms with E-state index in [2.05, 4.69) is 26.8 Å². The molecule has 90 valence electrons. The molecular formula is C12H20N2S2. The molecule has 16 heavy (non-hydrogen) atoms. The highest BCUT2D eigenvalue weighted by atomic mass is 32.2. The Morgan fingerprint density at radius 1 is 1.00 bits per heavy atom. The van der Waals surface area contributed by atoms with Crippen LogP contribution < -0.4 is 11.5 Å². The van der Waals surface area contributed by atoms with Crippen LogP contribution in [0.25, 0.3) is 0 Å². The van der Waals surface area contributed by atoms with Crippen LogP contribution in [0.1, 0.15) is 26.3 Å². The third-order valence-electron chi connectivity index (χ3n) is 2.38. The molecule has 0 heterocycles. The van der Waals surface area contributed by atoms with E-state index in [1.54, 1.807) is 23.5 Å². The molecule has 0 unspecified atom stereocenters. The average Bonchev–Trinajstić information content (AvgIpc) is 2.28. The second-order valence-electron chi connectivity index (χ2n) is 3.41. The van der Waals surface area contributed by atoms with Crippen molar-refractivity contribution in [3.8, 4) is 0 Å². The van der Waals surface area contributed by atoms with Crippen LogP contribution in [0.5, 0.6) is 0 Å². The number of aryl methyl sites for hydroxylation is 1. The lowest BCUT2D eigenvalue weighted by Gasteiger charge is -2.15. The molecule has 0 fully saturated rings. The van der Waals surface area contributed by atoms with Gasteiger partial charge in [-0.25, -0.2) is 0 Å². The van der Waals surface area contributed by atoms with Gasteiger partial charge >= 0.3 is 0 Å². The fraction of sp³-hybridized carbons (Fsp3) is 0.500. The van der Waals surface area contributed by atoms with E-state index >= 15 is 0 Å². The van der Waals surface area contributed by atoms with Gasteiger partial charge in [0.2, 0.25) is 0 Å². The maximum absolute atomic E-state index is 6.16. The Labute approximate surface area is 107 Å². The number of nitrogens with two attached hydrogens (primary N) is 2. The van der Waals surface area contributed by atoms with Crippen LogP contribution in [-0.2, 0) is 6.42 Å². The summed E-state index contributed by atoms with van der Waals surface area (Å²) in [4.78, 5) is 2.24. The minimum absolute atomic E-state index is 0.855. The molecule has 0 saturated carbocycles. The van der Waals surface area contributed by atoms with Gasteiger partial charge in [-0.05, 0) is 29.6 Å². The lowest BCUT2D eigenvalue weighted by molar-refractivity contribution is 1.11. The van der Waals surface area contributed by atoms with E-state index in [1.165, 1.54) is 10.5 Å². The summed E-state index contributed by atoms with van der Waals surface area (Å²) < 4.78 is 0. The monoisotopic (exact) mass is 256 g/mol. The van der Waals surface area contributed by atoms with Gasteiger partial charge in [0, 0.05) is 4.90 Å².